The summed E-state index contributed by atoms with van der Waals surface area (Å²) in [5.41, 5.74) is 0. The average molecular weight is 124 g/mol. The second kappa shape index (κ2) is 2.82. The van der Waals surface area contributed by atoms with Gasteiger partial charge in [-0.1, -0.05) is 0 Å². The molecule has 0 radical (unpaired) electrons. The van der Waals surface area contributed by atoms with Crippen LogP contribution in [0, 0.1) is 0 Å². The summed E-state index contributed by atoms with van der Waals surface area (Å²) in [5.74, 6) is -0.672. The third kappa shape index (κ3) is 2.42. The van der Waals surface area contributed by atoms with E-state index in [-0.39, 0.29) is 5.88 Å². The summed E-state index contributed by atoms with van der Waals surface area (Å²) in [4.78, 5) is 10.1. The van der Waals surface area contributed by atoms with E-state index in [1.165, 1.54) is 7.05 Å². The van der Waals surface area contributed by atoms with Gasteiger partial charge in [0.1, 0.15) is 5.88 Å². The van der Waals surface area contributed by atoms with E-state index in [0.717, 1.165) is 0 Å². The summed E-state index contributed by atoms with van der Waals surface area (Å²) in [6.45, 7) is 0. The highest BCUT2D eigenvalue weighted by molar-refractivity contribution is 6.27. The first kappa shape index (κ1) is 6.72. The van der Waals surface area contributed by atoms with Crippen molar-refractivity contribution in [3.8, 4) is 0 Å². The molecule has 0 aliphatic rings. The number of halogens is 1. The number of hydrogen-bond donors (Lipinski definition) is 1. The first-order valence-corrected chi connectivity index (χ1v) is 2.23. The minimum atomic E-state index is -0.498. The molecule has 0 aromatic heterocycles. The Morgan fingerprint density at radius 3 is 2.43 bits per heavy atom. The second-order valence-corrected chi connectivity index (χ2v) is 1.32. The van der Waals surface area contributed by atoms with Gasteiger partial charge in [0.15, 0.2) is 0 Å². The van der Waals surface area contributed by atoms with E-state index in [9.17, 15) is 4.79 Å². The maximum atomic E-state index is 10.1. The molecular weight excluding hydrogens is 117 g/mol. The Morgan fingerprint density at radius 2 is 2.43 bits per heavy atom. The van der Waals surface area contributed by atoms with Crippen molar-refractivity contribution < 1.29 is 10.0 Å². The van der Waals surface area contributed by atoms with Crippen LogP contribution in [0.15, 0.2) is 0 Å². The van der Waals surface area contributed by atoms with Crippen molar-refractivity contribution in [2.75, 3.05) is 12.9 Å². The van der Waals surface area contributed by atoms with Crippen molar-refractivity contribution in [1.29, 1.82) is 0 Å². The van der Waals surface area contributed by atoms with Crippen molar-refractivity contribution in [2.24, 2.45) is 0 Å². The number of carbonyl (C=O) groups is 1. The number of amides is 1. The van der Waals surface area contributed by atoms with Gasteiger partial charge in [0, 0.05) is 7.05 Å². The number of nitrogens with zero attached hydrogens (tertiary/aromatic N) is 1. The minimum Gasteiger partial charge on any atom is -0.286 e. The molecular formula is C3H6ClNO2. The van der Waals surface area contributed by atoms with E-state index < -0.39 is 5.91 Å². The second-order valence-electron chi connectivity index (χ2n) is 1.05. The van der Waals surface area contributed by atoms with Crippen LogP contribution in [-0.2, 0) is 4.79 Å². The Kier molecular flexibility index (Phi) is 2.71. The molecule has 0 aromatic carbocycles. The van der Waals surface area contributed by atoms with Gasteiger partial charge in [0.2, 0.25) is 0 Å². The van der Waals surface area contributed by atoms with Crippen LogP contribution in [0.2, 0.25) is 0 Å². The van der Waals surface area contributed by atoms with Crippen LogP contribution < -0.4 is 0 Å². The summed E-state index contributed by atoms with van der Waals surface area (Å²) in [7, 11) is 1.23. The molecule has 1 amide bonds. The molecule has 1 N–H and O–H groups in total. The van der Waals surface area contributed by atoms with Gasteiger partial charge >= 0.3 is 0 Å². The summed E-state index contributed by atoms with van der Waals surface area (Å²) >= 11 is 5.00. The number of carbonyl (C=O) groups excluding carboxylic acids is 1. The van der Waals surface area contributed by atoms with E-state index in [1.54, 1.807) is 0 Å². The molecule has 0 spiro atoms. The zero-order valence-electron chi connectivity index (χ0n) is 3.89. The van der Waals surface area contributed by atoms with Crippen molar-refractivity contribution in [1.82, 2.24) is 5.06 Å². The fraction of sp³-hybridized carbons (Fsp3) is 0.667. The average Bonchev–Trinajstić information content (AvgIpc) is 1.65. The third-order valence-electron chi connectivity index (χ3n) is 0.475. The Hall–Kier alpha value is -0.280. The standard InChI is InChI=1S/C3H6ClNO2/c1-5(7)3(6)2-4/h7H,2H2,1H3. The quantitative estimate of drug-likeness (QED) is 0.305. The zero-order chi connectivity index (χ0) is 5.86. The van der Waals surface area contributed by atoms with E-state index >= 15 is 0 Å². The molecule has 0 fully saturated rings. The van der Waals surface area contributed by atoms with Gasteiger partial charge in [-0.25, -0.2) is 5.06 Å². The minimum absolute atomic E-state index is 0.174. The monoisotopic (exact) mass is 123 g/mol. The topological polar surface area (TPSA) is 40.5 Å². The van der Waals surface area contributed by atoms with Crippen LogP contribution >= 0.6 is 11.6 Å². The van der Waals surface area contributed by atoms with Crippen LogP contribution in [0.3, 0.4) is 0 Å². The Morgan fingerprint density at radius 1 is 2.00 bits per heavy atom. The van der Waals surface area contributed by atoms with Gasteiger partial charge < -0.3 is 0 Å². The van der Waals surface area contributed by atoms with Gasteiger partial charge in [0.05, 0.1) is 0 Å². The number of hydrogen-bond acceptors (Lipinski definition) is 2. The Bertz CT molecular complexity index is 73.3. The lowest BCUT2D eigenvalue weighted by molar-refractivity contribution is -0.156. The van der Waals surface area contributed by atoms with Crippen molar-refractivity contribution >= 4 is 17.5 Å². The van der Waals surface area contributed by atoms with Crippen LogP contribution in [0.5, 0.6) is 0 Å². The van der Waals surface area contributed by atoms with Crippen LogP contribution in [0.4, 0.5) is 0 Å². The van der Waals surface area contributed by atoms with Crippen LogP contribution in [0.25, 0.3) is 0 Å². The van der Waals surface area contributed by atoms with E-state index in [4.69, 9.17) is 16.8 Å². The molecule has 3 nitrogen and oxygen atoms in total. The molecule has 7 heavy (non-hydrogen) atoms. The van der Waals surface area contributed by atoms with Gasteiger partial charge in [-0.2, -0.15) is 0 Å². The van der Waals surface area contributed by atoms with Gasteiger partial charge in [0.25, 0.3) is 5.91 Å². The first-order valence-electron chi connectivity index (χ1n) is 1.70. The molecule has 0 atom stereocenters. The summed E-state index contributed by atoms with van der Waals surface area (Å²) < 4.78 is 0. The highest BCUT2D eigenvalue weighted by Gasteiger charge is 1.99. The van der Waals surface area contributed by atoms with Crippen LogP contribution in [-0.4, -0.2) is 29.1 Å². The largest absolute Gasteiger partial charge is 0.286 e. The molecule has 42 valence electrons. The normalized spacial score (nSPS) is 8.43. The number of alkyl halides is 1. The molecule has 0 aliphatic heterocycles. The van der Waals surface area contributed by atoms with E-state index in [0.29, 0.717) is 5.06 Å². The van der Waals surface area contributed by atoms with Crippen molar-refractivity contribution in [3.05, 3.63) is 0 Å². The Labute approximate surface area is 46.4 Å². The highest BCUT2D eigenvalue weighted by Crippen LogP contribution is 1.79. The molecule has 0 saturated heterocycles. The lowest BCUT2D eigenvalue weighted by Gasteiger charge is -2.02. The molecule has 4 heteroatoms. The molecule has 0 unspecified atom stereocenters. The Balaban J connectivity index is 3.35. The number of rotatable bonds is 1. The lowest BCUT2D eigenvalue weighted by atomic mass is 10.7. The fourth-order valence-electron chi connectivity index (χ4n) is 0.0865. The fourth-order valence-corrected chi connectivity index (χ4v) is 0.259. The molecule has 0 rings (SSSR count). The predicted octanol–water partition coefficient (Wildman–Crippen LogP) is 0.0728. The van der Waals surface area contributed by atoms with Crippen molar-refractivity contribution in [2.45, 2.75) is 0 Å². The SMILES string of the molecule is CN(O)C(=O)CCl. The summed E-state index contributed by atoms with van der Waals surface area (Å²) in [5, 5.41) is 8.67. The highest BCUT2D eigenvalue weighted by atomic mass is 35.5. The zero-order valence-corrected chi connectivity index (χ0v) is 4.64. The molecule has 0 aliphatic carbocycles. The molecule has 0 aromatic rings. The van der Waals surface area contributed by atoms with Gasteiger partial charge in [-0.3, -0.25) is 10.0 Å². The summed E-state index contributed by atoms with van der Waals surface area (Å²) in [6, 6.07) is 0. The maximum Gasteiger partial charge on any atom is 0.260 e. The van der Waals surface area contributed by atoms with Gasteiger partial charge in [-0.05, 0) is 0 Å². The van der Waals surface area contributed by atoms with E-state index in [2.05, 4.69) is 0 Å². The third-order valence-corrected chi connectivity index (χ3v) is 0.704. The summed E-state index contributed by atoms with van der Waals surface area (Å²) in [6.07, 6.45) is 0. The smallest absolute Gasteiger partial charge is 0.260 e. The molecule has 0 bridgehead atoms. The number of hydroxylamine groups is 2. The molecule has 0 saturated carbocycles. The molecule has 0 heterocycles. The maximum absolute atomic E-state index is 10.1. The predicted molar refractivity (Wildman–Crippen MR) is 25.3 cm³/mol. The van der Waals surface area contributed by atoms with E-state index in [1.807, 2.05) is 0 Å². The lowest BCUT2D eigenvalue weighted by Crippen LogP contribution is -2.23. The van der Waals surface area contributed by atoms with Gasteiger partial charge in [-0.15, -0.1) is 11.6 Å². The first-order chi connectivity index (χ1) is 3.18. The van der Waals surface area contributed by atoms with Crippen LogP contribution in [0.1, 0.15) is 0 Å². The van der Waals surface area contributed by atoms with Crippen molar-refractivity contribution in [3.63, 3.8) is 0 Å².